The Morgan fingerprint density at radius 3 is 2.45 bits per heavy atom. The molecule has 240 valence electrons. The third-order valence-corrected chi connectivity index (χ3v) is 10.1. The number of ether oxygens (including phenoxy) is 6. The third-order valence-electron chi connectivity index (χ3n) is 9.28. The number of methoxy groups -OCH3 is 1. The summed E-state index contributed by atoms with van der Waals surface area (Å²) in [6, 6.07) is 1.82. The number of hydrogen-bond donors (Lipinski definition) is 4. The number of carbonyl (C=O) groups excluding carboxylic acids is 2. The van der Waals surface area contributed by atoms with E-state index in [0.29, 0.717) is 40.7 Å². The maximum absolute atomic E-state index is 13.5. The van der Waals surface area contributed by atoms with Gasteiger partial charge in [-0.3, -0.25) is 4.79 Å². The second kappa shape index (κ2) is 10.5. The molecule has 0 radical (unpaired) electrons. The fraction of sp³-hybridized carbons (Fsp3) is 0.613. The molecule has 2 fully saturated rings. The minimum atomic E-state index is -2.12. The van der Waals surface area contributed by atoms with Crippen LogP contribution in [-0.2, 0) is 20.6 Å². The largest absolute Gasteiger partial charge is 0.514 e. The van der Waals surface area contributed by atoms with E-state index < -0.39 is 66.7 Å². The van der Waals surface area contributed by atoms with Gasteiger partial charge < -0.3 is 48.8 Å². The summed E-state index contributed by atoms with van der Waals surface area (Å²) in [7, 11) is 1.49. The number of fused-ring (bicyclic) bond motifs is 6. The van der Waals surface area contributed by atoms with Gasteiger partial charge in [-0.05, 0) is 52.2 Å². The van der Waals surface area contributed by atoms with Crippen molar-refractivity contribution in [1.82, 2.24) is 0 Å². The number of alkyl halides is 1. The molecule has 4 aliphatic rings. The van der Waals surface area contributed by atoms with Gasteiger partial charge in [0.15, 0.2) is 22.7 Å². The van der Waals surface area contributed by atoms with Crippen LogP contribution in [0.5, 0.6) is 17.2 Å². The lowest BCUT2D eigenvalue weighted by atomic mass is 9.68. The van der Waals surface area contributed by atoms with Crippen molar-refractivity contribution in [2.24, 2.45) is 5.92 Å². The topological polar surface area (TPSA) is 170 Å². The Morgan fingerprint density at radius 1 is 1.16 bits per heavy atom. The fourth-order valence-corrected chi connectivity index (χ4v) is 8.26. The molecular formula is C31H37BrO12. The summed E-state index contributed by atoms with van der Waals surface area (Å²) in [5, 5.41) is 44.1. The molecule has 4 N–H and O–H groups in total. The second-order valence-corrected chi connectivity index (χ2v) is 13.4. The van der Waals surface area contributed by atoms with Crippen molar-refractivity contribution >= 4 is 38.6 Å². The molecule has 0 amide bonds. The van der Waals surface area contributed by atoms with E-state index in [1.807, 2.05) is 13.0 Å². The summed E-state index contributed by atoms with van der Waals surface area (Å²) in [5.74, 6) is -2.84. The van der Waals surface area contributed by atoms with Crippen LogP contribution in [-0.4, -0.2) is 93.3 Å². The lowest BCUT2D eigenvalue weighted by Crippen LogP contribution is -2.76. The Kier molecular flexibility index (Phi) is 7.52. The minimum absolute atomic E-state index is 0.0759. The van der Waals surface area contributed by atoms with Crippen LogP contribution in [0.1, 0.15) is 66.8 Å². The Labute approximate surface area is 262 Å². The highest BCUT2D eigenvalue weighted by molar-refractivity contribution is 9.09. The predicted octanol–water partition coefficient (Wildman–Crippen LogP) is 3.01. The number of rotatable bonds is 7. The molecule has 3 heterocycles. The van der Waals surface area contributed by atoms with E-state index in [4.69, 9.17) is 28.4 Å². The van der Waals surface area contributed by atoms with Gasteiger partial charge in [0.1, 0.15) is 29.3 Å². The van der Waals surface area contributed by atoms with Gasteiger partial charge in [0.2, 0.25) is 5.79 Å². The first-order valence-corrected chi connectivity index (χ1v) is 15.7. The van der Waals surface area contributed by atoms with Crippen molar-refractivity contribution in [2.45, 2.75) is 81.8 Å². The molecule has 5 atom stereocenters. The number of carbonyl (C=O) groups is 2. The Morgan fingerprint density at radius 2 is 1.86 bits per heavy atom. The molecule has 0 saturated carbocycles. The van der Waals surface area contributed by atoms with E-state index in [1.54, 1.807) is 20.8 Å². The van der Waals surface area contributed by atoms with Gasteiger partial charge in [0, 0.05) is 28.3 Å². The van der Waals surface area contributed by atoms with Crippen molar-refractivity contribution in [3.63, 3.8) is 0 Å². The van der Waals surface area contributed by atoms with Crippen molar-refractivity contribution in [1.29, 1.82) is 0 Å². The molecule has 0 spiro atoms. The number of ketones is 1. The van der Waals surface area contributed by atoms with Crippen LogP contribution in [0.4, 0.5) is 4.79 Å². The molecular weight excluding hydrogens is 644 g/mol. The fourth-order valence-electron chi connectivity index (χ4n) is 7.39. The van der Waals surface area contributed by atoms with E-state index in [9.17, 15) is 30.0 Å². The number of aliphatic hydroxyl groups excluding tert-OH is 3. The SMILES string of the molecule is COc1c2c(c(OC(=O)OC(C)(C)C)c3c4c(c(C)cc13)C1OC3(C(CO)CO)OC1[C@@](CO)(O4)[C@@]3(O)CBr)C(=O)CCC2. The quantitative estimate of drug-likeness (QED) is 0.192. The highest BCUT2D eigenvalue weighted by atomic mass is 79.9. The maximum atomic E-state index is 13.5. The molecule has 44 heavy (non-hydrogen) atoms. The molecule has 13 heteroatoms. The molecule has 1 aliphatic carbocycles. The van der Waals surface area contributed by atoms with Crippen LogP contribution in [0.25, 0.3) is 10.8 Å². The first kappa shape index (κ1) is 31.5. The molecule has 3 unspecified atom stereocenters. The second-order valence-electron chi connectivity index (χ2n) is 12.9. The van der Waals surface area contributed by atoms with Crippen LogP contribution in [0.15, 0.2) is 6.07 Å². The van der Waals surface area contributed by atoms with E-state index in [-0.39, 0.29) is 40.0 Å². The molecule has 2 bridgehead atoms. The molecule has 12 nitrogen and oxygen atoms in total. The van der Waals surface area contributed by atoms with Crippen molar-refractivity contribution in [3.05, 3.63) is 28.3 Å². The zero-order valence-corrected chi connectivity index (χ0v) is 26.8. The smallest absolute Gasteiger partial charge is 0.496 e. The Balaban J connectivity index is 1.69. The lowest BCUT2D eigenvalue weighted by molar-refractivity contribution is -0.318. The average molecular weight is 682 g/mol. The zero-order valence-electron chi connectivity index (χ0n) is 25.2. The van der Waals surface area contributed by atoms with Crippen molar-refractivity contribution in [2.75, 3.05) is 32.3 Å². The summed E-state index contributed by atoms with van der Waals surface area (Å²) < 4.78 is 36.7. The van der Waals surface area contributed by atoms with E-state index in [1.165, 1.54) is 7.11 Å². The number of aliphatic hydroxyl groups is 4. The van der Waals surface area contributed by atoms with Crippen LogP contribution < -0.4 is 14.2 Å². The Hall–Kier alpha value is -2.52. The van der Waals surface area contributed by atoms with Gasteiger partial charge in [-0.2, -0.15) is 0 Å². The van der Waals surface area contributed by atoms with E-state index >= 15 is 0 Å². The summed E-state index contributed by atoms with van der Waals surface area (Å²) in [6.07, 6.45) is -1.73. The maximum Gasteiger partial charge on any atom is 0.514 e. The standard InChI is InChI=1S/C31H37BrO12/c1-14-9-17-21(23(40-27(37)44-28(2,3)4)20-16(22(17)39-5)7-6-8-18(20)36)24-19(14)25-26-29(13-35,41-24)30(38,12-32)31(42-25,43-26)15(10-33)11-34/h9,15,25-26,33-35,38H,6-8,10-13H2,1-5H3/t25?,26?,29-,30+,31?/m1/s1. The zero-order chi connectivity index (χ0) is 32.0. The normalized spacial score (nSPS) is 30.3. The highest BCUT2D eigenvalue weighted by Crippen LogP contribution is 2.68. The monoisotopic (exact) mass is 680 g/mol. The molecule has 2 aromatic carbocycles. The van der Waals surface area contributed by atoms with Crippen LogP contribution >= 0.6 is 15.9 Å². The van der Waals surface area contributed by atoms with E-state index in [0.717, 1.165) is 0 Å². The van der Waals surface area contributed by atoms with Crippen LogP contribution in [0.3, 0.4) is 0 Å². The van der Waals surface area contributed by atoms with Crippen molar-refractivity contribution < 1.29 is 58.4 Å². The summed E-state index contributed by atoms with van der Waals surface area (Å²) in [5.41, 5.74) is -2.98. The van der Waals surface area contributed by atoms with Gasteiger partial charge >= 0.3 is 6.16 Å². The highest BCUT2D eigenvalue weighted by Gasteiger charge is 2.84. The van der Waals surface area contributed by atoms with Gasteiger partial charge in [-0.15, -0.1) is 0 Å². The van der Waals surface area contributed by atoms with E-state index in [2.05, 4.69) is 15.9 Å². The van der Waals surface area contributed by atoms with Gasteiger partial charge in [-0.25, -0.2) is 4.79 Å². The van der Waals surface area contributed by atoms with Gasteiger partial charge in [0.25, 0.3) is 0 Å². The molecule has 2 saturated heterocycles. The first-order valence-electron chi connectivity index (χ1n) is 14.6. The van der Waals surface area contributed by atoms with Crippen LogP contribution in [0.2, 0.25) is 0 Å². The average Bonchev–Trinajstić information content (AvgIpc) is 3.46. The number of halogens is 1. The van der Waals surface area contributed by atoms with Gasteiger partial charge in [0.05, 0.1) is 43.8 Å². The molecule has 6 rings (SSSR count). The molecule has 3 aliphatic heterocycles. The number of benzene rings is 2. The van der Waals surface area contributed by atoms with Gasteiger partial charge in [-0.1, -0.05) is 15.9 Å². The summed E-state index contributed by atoms with van der Waals surface area (Å²) in [4.78, 5) is 26.7. The predicted molar refractivity (Wildman–Crippen MR) is 158 cm³/mol. The third kappa shape index (κ3) is 3.96. The summed E-state index contributed by atoms with van der Waals surface area (Å²) >= 11 is 3.34. The minimum Gasteiger partial charge on any atom is -0.496 e. The number of aryl methyl sites for hydroxylation is 1. The number of Topliss-reactive ketones (excluding diaryl/α,β-unsaturated/α-hetero) is 1. The molecule has 0 aromatic heterocycles. The lowest BCUT2D eigenvalue weighted by Gasteiger charge is -2.55. The molecule has 2 aromatic rings. The Bertz CT molecular complexity index is 1550. The van der Waals surface area contributed by atoms with Crippen LogP contribution in [0, 0.1) is 12.8 Å². The summed E-state index contributed by atoms with van der Waals surface area (Å²) in [6.45, 7) is 4.96. The van der Waals surface area contributed by atoms with Crippen molar-refractivity contribution in [3.8, 4) is 17.2 Å². The number of hydrogen-bond acceptors (Lipinski definition) is 12. The first-order chi connectivity index (χ1) is 20.8.